The average Bonchev–Trinajstić information content (AvgIpc) is 2.63. The molecule has 3 amide bonds. The van der Waals surface area contributed by atoms with Gasteiger partial charge >= 0.3 is 7.82 Å². The van der Waals surface area contributed by atoms with Crippen molar-refractivity contribution < 1.29 is 38.1 Å². The number of phosphoric ester groups is 1. The van der Waals surface area contributed by atoms with Gasteiger partial charge in [-0.25, -0.2) is 15.1 Å². The minimum absolute atomic E-state index is 0.207. The summed E-state index contributed by atoms with van der Waals surface area (Å²) in [4.78, 5) is 46.7. The van der Waals surface area contributed by atoms with E-state index in [1.807, 2.05) is 0 Å². The third-order valence-electron chi connectivity index (χ3n) is 3.58. The topological polar surface area (TPSA) is 168 Å². The number of thiol groups is 1. The van der Waals surface area contributed by atoms with Gasteiger partial charge in [0.15, 0.2) is 6.10 Å². The molecule has 5 N–H and O–H groups in total. The van der Waals surface area contributed by atoms with Crippen molar-refractivity contribution in [1.82, 2.24) is 10.2 Å². The zero-order valence-electron chi connectivity index (χ0n) is 15.8. The number of aliphatic hydroxyl groups excluding tert-OH is 1. The van der Waals surface area contributed by atoms with Crippen LogP contribution in [-0.2, 0) is 28.1 Å². The van der Waals surface area contributed by atoms with Gasteiger partial charge in [-0.15, -0.1) is 0 Å². The third kappa shape index (κ3) is 8.87. The number of rotatable bonds is 12. The number of nitrogens with one attached hydrogen (secondary N) is 1. The van der Waals surface area contributed by atoms with Gasteiger partial charge in [0.25, 0.3) is 5.91 Å². The second-order valence-corrected chi connectivity index (χ2v) is 9.65. The quantitative estimate of drug-likeness (QED) is 0.105. The molecule has 28 heavy (non-hydrogen) atoms. The van der Waals surface area contributed by atoms with Crippen LogP contribution in [0.15, 0.2) is 0 Å². The highest BCUT2D eigenvalue weighted by atomic mass is 79.9. The Morgan fingerprint density at radius 2 is 1.93 bits per heavy atom. The van der Waals surface area contributed by atoms with Crippen molar-refractivity contribution in [2.75, 3.05) is 25.4 Å². The van der Waals surface area contributed by atoms with Crippen molar-refractivity contribution >= 4 is 54.1 Å². The Kier molecular flexibility index (Phi) is 12.0. The van der Waals surface area contributed by atoms with Crippen LogP contribution in [0.1, 0.15) is 27.2 Å². The third-order valence-corrected chi connectivity index (χ3v) is 4.94. The summed E-state index contributed by atoms with van der Waals surface area (Å²) in [6.07, 6.45) is -1.96. The summed E-state index contributed by atoms with van der Waals surface area (Å²) >= 11 is 7.02. The lowest BCUT2D eigenvalue weighted by molar-refractivity contribution is -0.155. The van der Waals surface area contributed by atoms with Gasteiger partial charge in [0.1, 0.15) is 0 Å². The molecule has 0 saturated heterocycles. The van der Waals surface area contributed by atoms with E-state index in [2.05, 4.69) is 38.5 Å². The number of imide groups is 1. The van der Waals surface area contributed by atoms with E-state index in [0.717, 1.165) is 4.90 Å². The largest absolute Gasteiger partial charge is 0.489 e. The Bertz CT molecular complexity index is 607. The van der Waals surface area contributed by atoms with Gasteiger partial charge in [0.05, 0.1) is 11.4 Å². The smallest absolute Gasteiger partial charge is 0.396 e. The van der Waals surface area contributed by atoms with Crippen LogP contribution in [-0.4, -0.2) is 69.0 Å². The molecular formula is C14H27BrN3O8PS. The molecule has 0 aliphatic rings. The number of alkyl halides is 1. The van der Waals surface area contributed by atoms with E-state index in [0.29, 0.717) is 12.3 Å². The fraction of sp³-hybridized carbons (Fsp3) is 0.786. The SMILES string of the molecule is CC(Br)C(=O)N(CCC(=O)NCCS)C(=O)[C@H](OP(=O)(O)ON)C(C)(C)CO. The van der Waals surface area contributed by atoms with Gasteiger partial charge < -0.3 is 15.3 Å². The molecule has 0 aliphatic heterocycles. The number of nitrogens with two attached hydrogens (primary N) is 1. The van der Waals surface area contributed by atoms with Crippen LogP contribution in [0.5, 0.6) is 0 Å². The normalized spacial score (nSPS) is 16.0. The van der Waals surface area contributed by atoms with Crippen molar-refractivity contribution in [3.63, 3.8) is 0 Å². The summed E-state index contributed by atoms with van der Waals surface area (Å²) in [7, 11) is -4.83. The number of aliphatic hydroxyl groups is 1. The van der Waals surface area contributed by atoms with Crippen molar-refractivity contribution in [1.29, 1.82) is 0 Å². The number of carbonyl (C=O) groups excluding carboxylic acids is 3. The Hall–Kier alpha value is -0.530. The van der Waals surface area contributed by atoms with Gasteiger partial charge in [0.2, 0.25) is 11.8 Å². The summed E-state index contributed by atoms with van der Waals surface area (Å²) in [6, 6.07) is 0. The highest BCUT2D eigenvalue weighted by Crippen LogP contribution is 2.46. The van der Waals surface area contributed by atoms with Gasteiger partial charge in [-0.2, -0.15) is 12.6 Å². The number of nitrogens with zero attached hydrogens (tertiary/aromatic N) is 1. The van der Waals surface area contributed by atoms with E-state index in [-0.39, 0.29) is 13.0 Å². The molecule has 11 nitrogen and oxygen atoms in total. The number of amides is 3. The molecule has 0 aromatic heterocycles. The van der Waals surface area contributed by atoms with E-state index in [9.17, 15) is 28.9 Å². The number of hydrogen-bond donors (Lipinski definition) is 5. The van der Waals surface area contributed by atoms with Crippen LogP contribution in [0.4, 0.5) is 0 Å². The molecule has 0 bridgehead atoms. The molecule has 0 aromatic carbocycles. The molecule has 0 heterocycles. The Morgan fingerprint density at radius 3 is 2.36 bits per heavy atom. The fourth-order valence-electron chi connectivity index (χ4n) is 1.95. The maximum atomic E-state index is 13.0. The second kappa shape index (κ2) is 12.2. The van der Waals surface area contributed by atoms with Crippen LogP contribution in [0, 0.1) is 5.41 Å². The van der Waals surface area contributed by atoms with Crippen molar-refractivity contribution in [2.24, 2.45) is 11.3 Å². The maximum absolute atomic E-state index is 13.0. The van der Waals surface area contributed by atoms with Crippen LogP contribution >= 0.6 is 36.4 Å². The molecule has 0 saturated carbocycles. The molecule has 0 rings (SSSR count). The number of halogens is 1. The minimum atomic E-state index is -4.83. The summed E-state index contributed by atoms with van der Waals surface area (Å²) in [6.45, 7) is 3.60. The fourth-order valence-corrected chi connectivity index (χ4v) is 3.00. The van der Waals surface area contributed by atoms with E-state index in [4.69, 9.17) is 10.4 Å². The zero-order chi connectivity index (χ0) is 22.1. The van der Waals surface area contributed by atoms with E-state index >= 15 is 0 Å². The van der Waals surface area contributed by atoms with Crippen molar-refractivity contribution in [2.45, 2.75) is 38.1 Å². The molecule has 0 aliphatic carbocycles. The van der Waals surface area contributed by atoms with E-state index < -0.39 is 48.5 Å². The molecule has 0 aromatic rings. The molecule has 2 unspecified atom stereocenters. The van der Waals surface area contributed by atoms with E-state index in [1.54, 1.807) is 0 Å². The first-order valence-electron chi connectivity index (χ1n) is 8.20. The maximum Gasteiger partial charge on any atom is 0.489 e. The molecule has 164 valence electrons. The lowest BCUT2D eigenvalue weighted by Crippen LogP contribution is -2.52. The molecule has 0 spiro atoms. The van der Waals surface area contributed by atoms with Gasteiger partial charge in [-0.05, 0) is 6.92 Å². The highest BCUT2D eigenvalue weighted by molar-refractivity contribution is 9.10. The molecule has 3 atom stereocenters. The first-order chi connectivity index (χ1) is 12.8. The molecule has 0 radical (unpaired) electrons. The Morgan fingerprint density at radius 1 is 1.36 bits per heavy atom. The van der Waals surface area contributed by atoms with Gasteiger partial charge in [-0.1, -0.05) is 29.8 Å². The van der Waals surface area contributed by atoms with Crippen LogP contribution in [0.2, 0.25) is 0 Å². The summed E-state index contributed by atoms with van der Waals surface area (Å²) in [5.74, 6) is 2.98. The predicted octanol–water partition coefficient (Wildman–Crippen LogP) is -0.0445. The lowest BCUT2D eigenvalue weighted by Gasteiger charge is -2.35. The minimum Gasteiger partial charge on any atom is -0.396 e. The Labute approximate surface area is 177 Å². The zero-order valence-corrected chi connectivity index (χ0v) is 19.2. The average molecular weight is 508 g/mol. The summed E-state index contributed by atoms with van der Waals surface area (Å²) in [5.41, 5.74) is -1.38. The Balaban J connectivity index is 5.71. The monoisotopic (exact) mass is 507 g/mol. The summed E-state index contributed by atoms with van der Waals surface area (Å²) < 4.78 is 20.4. The first kappa shape index (κ1) is 27.5. The van der Waals surface area contributed by atoms with Crippen LogP contribution < -0.4 is 11.2 Å². The molecular weight excluding hydrogens is 481 g/mol. The van der Waals surface area contributed by atoms with Gasteiger partial charge in [0, 0.05) is 30.7 Å². The second-order valence-electron chi connectivity index (χ2n) is 6.47. The van der Waals surface area contributed by atoms with Crippen molar-refractivity contribution in [3.8, 4) is 0 Å². The van der Waals surface area contributed by atoms with E-state index in [1.165, 1.54) is 20.8 Å². The lowest BCUT2D eigenvalue weighted by atomic mass is 9.86. The summed E-state index contributed by atoms with van der Waals surface area (Å²) in [5, 5.41) is 12.1. The standard InChI is InChI=1S/C14H27BrN3O8PS/c1-9(15)12(21)18(6-4-10(20)17-5-7-28)13(22)11(14(2,3)8-19)25-27(23,24)26-16/h9,11,19,28H,4-8,16H2,1-3H3,(H,17,20)(H,23,24)/t9?,11-/m0/s1. The molecule has 0 fully saturated rings. The highest BCUT2D eigenvalue weighted by Gasteiger charge is 2.45. The first-order valence-corrected chi connectivity index (χ1v) is 11.2. The molecule has 14 heteroatoms. The van der Waals surface area contributed by atoms with Gasteiger partial charge in [-0.3, -0.25) is 23.8 Å². The predicted molar refractivity (Wildman–Crippen MR) is 107 cm³/mol. The van der Waals surface area contributed by atoms with Crippen LogP contribution in [0.25, 0.3) is 0 Å². The van der Waals surface area contributed by atoms with Crippen molar-refractivity contribution in [3.05, 3.63) is 0 Å². The number of carbonyl (C=O) groups is 3. The number of phosphoric acid groups is 1. The number of hydrogen-bond acceptors (Lipinski definition) is 9. The van der Waals surface area contributed by atoms with Crippen LogP contribution in [0.3, 0.4) is 0 Å².